The Kier molecular flexibility index (Phi) is 7.61. The van der Waals surface area contributed by atoms with E-state index < -0.39 is 23.8 Å². The summed E-state index contributed by atoms with van der Waals surface area (Å²) in [4.78, 5) is 17.2. The normalized spacial score (nSPS) is 16.8. The Hall–Kier alpha value is -4.76. The molecule has 15 heteroatoms. The fraction of sp³-hybridized carbons (Fsp3) is 0.320. The van der Waals surface area contributed by atoms with E-state index in [1.807, 2.05) is 0 Å². The molecular formula is C25H21F5N8O2. The maximum Gasteiger partial charge on any atom is 0.490 e. The van der Waals surface area contributed by atoms with Gasteiger partial charge in [0.15, 0.2) is 5.82 Å². The number of carboxylic acid groups (broad SMARTS) is 1. The third-order valence-electron chi connectivity index (χ3n) is 6.37. The molecule has 5 rings (SSSR count). The van der Waals surface area contributed by atoms with Crippen LogP contribution in [0.3, 0.4) is 0 Å². The smallest absolute Gasteiger partial charge is 0.475 e. The molecule has 1 fully saturated rings. The van der Waals surface area contributed by atoms with Gasteiger partial charge in [-0.2, -0.15) is 23.5 Å². The van der Waals surface area contributed by atoms with E-state index in [0.717, 1.165) is 11.9 Å². The summed E-state index contributed by atoms with van der Waals surface area (Å²) < 4.78 is 65.0. The maximum atomic E-state index is 15.1. The summed E-state index contributed by atoms with van der Waals surface area (Å²) in [5, 5.41) is 24.6. The Morgan fingerprint density at radius 3 is 2.65 bits per heavy atom. The van der Waals surface area contributed by atoms with Gasteiger partial charge >= 0.3 is 12.1 Å². The highest BCUT2D eigenvalue weighted by molar-refractivity contribution is 5.93. The number of carboxylic acids is 1. The van der Waals surface area contributed by atoms with Gasteiger partial charge in [0.2, 0.25) is 0 Å². The van der Waals surface area contributed by atoms with Gasteiger partial charge in [-0.1, -0.05) is 5.92 Å². The molecule has 0 radical (unpaired) electrons. The summed E-state index contributed by atoms with van der Waals surface area (Å²) in [6.07, 6.45) is -2.38. The van der Waals surface area contributed by atoms with Crippen molar-refractivity contribution in [2.75, 3.05) is 12.3 Å². The van der Waals surface area contributed by atoms with Crippen LogP contribution in [0.25, 0.3) is 21.9 Å². The van der Waals surface area contributed by atoms with Crippen LogP contribution >= 0.6 is 0 Å². The highest BCUT2D eigenvalue weighted by Crippen LogP contribution is 2.30. The number of halogens is 5. The molecule has 0 unspecified atom stereocenters. The first-order chi connectivity index (χ1) is 18.8. The Labute approximate surface area is 223 Å². The molecule has 10 nitrogen and oxygen atoms in total. The molecule has 4 aromatic rings. The first-order valence-corrected chi connectivity index (χ1v) is 11.7. The van der Waals surface area contributed by atoms with Gasteiger partial charge in [-0.25, -0.2) is 23.5 Å². The van der Waals surface area contributed by atoms with Gasteiger partial charge in [-0.15, -0.1) is 0 Å². The molecule has 3 aromatic heterocycles. The number of nitrogen functional groups attached to an aromatic ring is 1. The third kappa shape index (κ3) is 5.37. The lowest BCUT2D eigenvalue weighted by atomic mass is 10.1. The zero-order valence-electron chi connectivity index (χ0n) is 21.0. The Morgan fingerprint density at radius 2 is 2.00 bits per heavy atom. The van der Waals surface area contributed by atoms with Crippen LogP contribution in [0.15, 0.2) is 18.3 Å². The van der Waals surface area contributed by atoms with E-state index in [1.165, 1.54) is 6.07 Å². The van der Waals surface area contributed by atoms with E-state index in [0.29, 0.717) is 29.7 Å². The van der Waals surface area contributed by atoms with E-state index in [4.69, 9.17) is 20.9 Å². The largest absolute Gasteiger partial charge is 0.490 e. The molecule has 1 saturated heterocycles. The van der Waals surface area contributed by atoms with Gasteiger partial charge in [0.05, 0.1) is 40.5 Å². The van der Waals surface area contributed by atoms with Crippen molar-refractivity contribution in [3.05, 3.63) is 47.0 Å². The topological polar surface area (TPSA) is 148 Å². The quantitative estimate of drug-likeness (QED) is 0.250. The molecule has 1 aliphatic heterocycles. The molecule has 4 N–H and O–H groups in total. The minimum absolute atomic E-state index is 0.00971. The summed E-state index contributed by atoms with van der Waals surface area (Å²) in [5.74, 6) is 1.87. The second-order valence-corrected chi connectivity index (χ2v) is 8.93. The highest BCUT2D eigenvalue weighted by atomic mass is 19.4. The van der Waals surface area contributed by atoms with E-state index in [1.54, 1.807) is 35.5 Å². The predicted octanol–water partition coefficient (Wildman–Crippen LogP) is 3.34. The van der Waals surface area contributed by atoms with Gasteiger partial charge in [-0.05, 0) is 25.3 Å². The van der Waals surface area contributed by atoms with Crippen molar-refractivity contribution < 1.29 is 31.9 Å². The van der Waals surface area contributed by atoms with E-state index >= 15 is 4.39 Å². The Bertz CT molecular complexity index is 1730. The van der Waals surface area contributed by atoms with Crippen LogP contribution < -0.4 is 11.1 Å². The lowest BCUT2D eigenvalue weighted by Crippen LogP contribution is -2.21. The van der Waals surface area contributed by atoms with Crippen LogP contribution in [0, 0.1) is 41.7 Å². The first-order valence-electron chi connectivity index (χ1n) is 11.7. The fourth-order valence-electron chi connectivity index (χ4n) is 4.33. The molecule has 0 amide bonds. The lowest BCUT2D eigenvalue weighted by Gasteiger charge is -2.10. The van der Waals surface area contributed by atoms with Crippen molar-refractivity contribution in [2.45, 2.75) is 38.0 Å². The molecule has 0 saturated carbocycles. The molecule has 2 atom stereocenters. The molecule has 4 heterocycles. The summed E-state index contributed by atoms with van der Waals surface area (Å²) >= 11 is 0. The van der Waals surface area contributed by atoms with E-state index in [-0.39, 0.29) is 34.7 Å². The van der Waals surface area contributed by atoms with Gasteiger partial charge < -0.3 is 20.7 Å². The number of aromatic nitrogens is 5. The molecule has 0 bridgehead atoms. The van der Waals surface area contributed by atoms with Crippen LogP contribution in [-0.4, -0.2) is 54.2 Å². The number of nitrogens with zero attached hydrogens (tertiary/aromatic N) is 6. The lowest BCUT2D eigenvalue weighted by molar-refractivity contribution is -0.192. The molecule has 1 aromatic carbocycles. The van der Waals surface area contributed by atoms with Crippen LogP contribution in [-0.2, 0) is 11.8 Å². The average molecular weight is 560 g/mol. The van der Waals surface area contributed by atoms with Crippen molar-refractivity contribution in [1.29, 1.82) is 5.26 Å². The molecule has 40 heavy (non-hydrogen) atoms. The molecule has 208 valence electrons. The zero-order chi connectivity index (χ0) is 29.4. The van der Waals surface area contributed by atoms with Gasteiger partial charge in [0, 0.05) is 31.9 Å². The van der Waals surface area contributed by atoms with Crippen LogP contribution in [0.5, 0.6) is 0 Å². The van der Waals surface area contributed by atoms with Gasteiger partial charge in [0.25, 0.3) is 0 Å². The molecule has 0 spiro atoms. The predicted molar refractivity (Wildman–Crippen MR) is 133 cm³/mol. The molecule has 1 aliphatic rings. The zero-order valence-corrected chi connectivity index (χ0v) is 21.0. The average Bonchev–Trinajstić information content (AvgIpc) is 3.57. The highest BCUT2D eigenvalue weighted by Gasteiger charge is 2.38. The number of anilines is 1. The van der Waals surface area contributed by atoms with Crippen molar-refractivity contribution >= 4 is 33.7 Å². The number of nitrogens with one attached hydrogen (secondary N) is 1. The fourth-order valence-corrected chi connectivity index (χ4v) is 4.33. The van der Waals surface area contributed by atoms with Gasteiger partial charge in [-0.3, -0.25) is 4.68 Å². The van der Waals surface area contributed by atoms with Crippen LogP contribution in [0.4, 0.5) is 27.8 Å². The first kappa shape index (κ1) is 28.3. The number of fused-ring (bicyclic) bond motifs is 2. The Balaban J connectivity index is 0.000000470. The monoisotopic (exact) mass is 560 g/mol. The third-order valence-corrected chi connectivity index (χ3v) is 6.37. The summed E-state index contributed by atoms with van der Waals surface area (Å²) in [6, 6.07) is 5.26. The Morgan fingerprint density at radius 1 is 1.30 bits per heavy atom. The summed E-state index contributed by atoms with van der Waals surface area (Å²) in [6.45, 7) is 2.35. The number of aliphatic carboxylic acids is 1. The number of aryl methyl sites for hydroxylation is 2. The number of rotatable bonds is 2. The number of benzene rings is 1. The SMILES string of the molecule is Cc1nc2c(F)c(C#Cc3nn([C@@H]4CN[C@@H](CC#N)C4)c4ccnc(N)c34)c(F)cc2n1C.O=C(O)C(F)(F)F. The standard InChI is InChI=1S/C23H20F2N8.C2HF3O2/c1-12-30-22-19(32(12)2)10-16(24)15(21(22)25)3-4-17-20-18(6-8-28-23(20)27)33(31-17)14-9-13(5-7-26)29-11-14;3-2(4,5)1(6)7/h6,8,10,13-14,29H,5,9,11H2,1-2H3,(H2,27,28);(H,6,7)/t13-,14-;/m0./s1. The number of hydrogen-bond acceptors (Lipinski definition) is 7. The second-order valence-electron chi connectivity index (χ2n) is 8.93. The number of pyridine rings is 1. The number of nitrogens with two attached hydrogens (primary N) is 1. The molecule has 0 aliphatic carbocycles. The van der Waals surface area contributed by atoms with E-state index in [2.05, 4.69) is 38.3 Å². The van der Waals surface area contributed by atoms with Crippen LogP contribution in [0.1, 0.15) is 36.0 Å². The minimum atomic E-state index is -5.08. The van der Waals surface area contributed by atoms with Crippen LogP contribution in [0.2, 0.25) is 0 Å². The van der Waals surface area contributed by atoms with Crippen molar-refractivity contribution in [2.24, 2.45) is 7.05 Å². The van der Waals surface area contributed by atoms with E-state index in [9.17, 15) is 17.6 Å². The molecular weight excluding hydrogens is 539 g/mol. The number of alkyl halides is 3. The summed E-state index contributed by atoms with van der Waals surface area (Å²) in [5.41, 5.74) is 7.18. The second kappa shape index (κ2) is 10.8. The van der Waals surface area contributed by atoms with Gasteiger partial charge in [0.1, 0.15) is 28.7 Å². The summed E-state index contributed by atoms with van der Waals surface area (Å²) in [7, 11) is 1.70. The maximum absolute atomic E-state index is 15.1. The number of hydrogen-bond donors (Lipinski definition) is 3. The number of imidazole rings is 1. The number of carbonyl (C=O) groups is 1. The van der Waals surface area contributed by atoms with Crippen molar-refractivity contribution in [3.8, 4) is 17.9 Å². The minimum Gasteiger partial charge on any atom is -0.475 e. The van der Waals surface area contributed by atoms with Crippen molar-refractivity contribution in [3.63, 3.8) is 0 Å². The number of nitriles is 1. The van der Waals surface area contributed by atoms with Crippen molar-refractivity contribution in [1.82, 2.24) is 29.6 Å².